The van der Waals surface area contributed by atoms with Crippen molar-refractivity contribution in [3.05, 3.63) is 72.5 Å². The molecule has 1 heterocycles. The van der Waals surface area contributed by atoms with Crippen LogP contribution in [0.2, 0.25) is 0 Å². The summed E-state index contributed by atoms with van der Waals surface area (Å²) in [6.45, 7) is 3.97. The van der Waals surface area contributed by atoms with E-state index in [1.165, 1.54) is 18.4 Å². The number of ether oxygens (including phenoxy) is 1. The molecule has 20 heavy (non-hydrogen) atoms. The fourth-order valence-electron chi connectivity index (χ4n) is 2.78. The van der Waals surface area contributed by atoms with E-state index in [1.807, 2.05) is 18.2 Å². The van der Waals surface area contributed by atoms with Crippen LogP contribution in [0.1, 0.15) is 24.3 Å². The summed E-state index contributed by atoms with van der Waals surface area (Å²) in [5, 5.41) is 8.63. The molecule has 1 N–H and O–H groups in total. The molecule has 1 fully saturated rings. The first kappa shape index (κ1) is 12.8. The fraction of sp³-hybridized carbons (Fsp3) is 0.222. The number of phenols is 1. The van der Waals surface area contributed by atoms with Gasteiger partial charge in [0.05, 0.1) is 0 Å². The van der Waals surface area contributed by atoms with Gasteiger partial charge in [0.15, 0.2) is 0 Å². The van der Waals surface area contributed by atoms with Gasteiger partial charge >= 0.3 is 0 Å². The van der Waals surface area contributed by atoms with Crippen molar-refractivity contribution in [2.75, 3.05) is 0 Å². The van der Waals surface area contributed by atoms with E-state index in [4.69, 9.17) is 9.84 Å². The van der Waals surface area contributed by atoms with Crippen molar-refractivity contribution in [1.29, 1.82) is 0 Å². The maximum absolute atomic E-state index is 8.63. The molecule has 0 aromatic heterocycles. The summed E-state index contributed by atoms with van der Waals surface area (Å²) in [4.78, 5) is 0. The SMILES string of the molecule is C=C1Oc2ccccc2[C@H]2CC[C@@H]12.Oc1ccccc1. The number of rotatable bonds is 0. The van der Waals surface area contributed by atoms with E-state index >= 15 is 0 Å². The standard InChI is InChI=1S/C12H12O.C6H6O/c1-8-9-6-7-10(9)11-4-2-3-5-12(11)13-8;7-6-4-2-1-3-5-6/h2-5,9-10H,1,6-7H2;1-5,7H/t9-,10-;/m0./s1. The van der Waals surface area contributed by atoms with Crippen LogP contribution in [-0.4, -0.2) is 5.11 Å². The van der Waals surface area contributed by atoms with Gasteiger partial charge in [0.25, 0.3) is 0 Å². The van der Waals surface area contributed by atoms with Crippen LogP contribution < -0.4 is 4.74 Å². The number of allylic oxidation sites excluding steroid dienone is 1. The Balaban J connectivity index is 0.000000147. The van der Waals surface area contributed by atoms with Gasteiger partial charge in [-0.15, -0.1) is 0 Å². The Morgan fingerprint density at radius 3 is 2.15 bits per heavy atom. The van der Waals surface area contributed by atoms with Crippen LogP contribution in [0, 0.1) is 5.92 Å². The molecule has 2 aliphatic rings. The van der Waals surface area contributed by atoms with E-state index in [-0.39, 0.29) is 0 Å². The molecule has 0 spiro atoms. The van der Waals surface area contributed by atoms with E-state index in [1.54, 1.807) is 24.3 Å². The lowest BCUT2D eigenvalue weighted by atomic mass is 9.68. The van der Waals surface area contributed by atoms with Crippen molar-refractivity contribution < 1.29 is 9.84 Å². The zero-order valence-electron chi connectivity index (χ0n) is 11.3. The second-order valence-corrected chi connectivity index (χ2v) is 5.23. The van der Waals surface area contributed by atoms with Gasteiger partial charge in [-0.1, -0.05) is 43.0 Å². The Morgan fingerprint density at radius 2 is 1.55 bits per heavy atom. The minimum Gasteiger partial charge on any atom is -0.508 e. The van der Waals surface area contributed by atoms with Gasteiger partial charge in [0.1, 0.15) is 17.3 Å². The summed E-state index contributed by atoms with van der Waals surface area (Å²) in [6, 6.07) is 17.0. The number of fused-ring (bicyclic) bond motifs is 3. The van der Waals surface area contributed by atoms with Crippen molar-refractivity contribution in [3.63, 3.8) is 0 Å². The molecule has 0 radical (unpaired) electrons. The summed E-state index contributed by atoms with van der Waals surface area (Å²) in [6.07, 6.45) is 2.54. The Kier molecular flexibility index (Phi) is 3.46. The minimum atomic E-state index is 0.322. The van der Waals surface area contributed by atoms with Crippen molar-refractivity contribution >= 4 is 0 Å². The topological polar surface area (TPSA) is 29.5 Å². The van der Waals surface area contributed by atoms with Gasteiger partial charge in [0.2, 0.25) is 0 Å². The van der Waals surface area contributed by atoms with E-state index in [0.29, 0.717) is 17.6 Å². The lowest BCUT2D eigenvalue weighted by molar-refractivity contribution is 0.190. The van der Waals surface area contributed by atoms with Crippen LogP contribution in [-0.2, 0) is 0 Å². The van der Waals surface area contributed by atoms with Crippen molar-refractivity contribution in [3.8, 4) is 11.5 Å². The molecule has 4 rings (SSSR count). The normalized spacial score (nSPS) is 22.3. The average molecular weight is 266 g/mol. The Morgan fingerprint density at radius 1 is 0.900 bits per heavy atom. The van der Waals surface area contributed by atoms with E-state index in [9.17, 15) is 0 Å². The summed E-state index contributed by atoms with van der Waals surface area (Å²) in [5.74, 6) is 3.60. The van der Waals surface area contributed by atoms with E-state index in [0.717, 1.165) is 11.5 Å². The van der Waals surface area contributed by atoms with Crippen molar-refractivity contribution in [2.45, 2.75) is 18.8 Å². The molecule has 102 valence electrons. The third-order valence-corrected chi connectivity index (χ3v) is 4.00. The molecular weight excluding hydrogens is 248 g/mol. The minimum absolute atomic E-state index is 0.322. The second kappa shape index (κ2) is 5.41. The van der Waals surface area contributed by atoms with Gasteiger partial charge in [0, 0.05) is 5.92 Å². The van der Waals surface area contributed by atoms with Gasteiger partial charge in [-0.05, 0) is 42.5 Å². The molecule has 0 amide bonds. The monoisotopic (exact) mass is 266 g/mol. The Bertz CT molecular complexity index is 604. The van der Waals surface area contributed by atoms with Gasteiger partial charge < -0.3 is 9.84 Å². The van der Waals surface area contributed by atoms with Gasteiger partial charge in [-0.3, -0.25) is 0 Å². The van der Waals surface area contributed by atoms with Crippen molar-refractivity contribution in [1.82, 2.24) is 0 Å². The highest BCUT2D eigenvalue weighted by Gasteiger charge is 2.40. The number of benzene rings is 2. The third kappa shape index (κ3) is 2.42. The second-order valence-electron chi connectivity index (χ2n) is 5.23. The molecule has 2 aromatic rings. The Hall–Kier alpha value is -2.22. The molecule has 2 atom stereocenters. The summed E-state index contributed by atoms with van der Waals surface area (Å²) >= 11 is 0. The lowest BCUT2D eigenvalue weighted by Gasteiger charge is -2.42. The largest absolute Gasteiger partial charge is 0.508 e. The predicted molar refractivity (Wildman–Crippen MR) is 79.8 cm³/mol. The molecule has 1 aliphatic carbocycles. The number of hydrogen-bond donors (Lipinski definition) is 1. The van der Waals surface area contributed by atoms with E-state index in [2.05, 4.69) is 18.7 Å². The van der Waals surface area contributed by atoms with Crippen LogP contribution in [0.4, 0.5) is 0 Å². The summed E-state index contributed by atoms with van der Waals surface area (Å²) in [7, 11) is 0. The third-order valence-electron chi connectivity index (χ3n) is 4.00. The van der Waals surface area contributed by atoms with Gasteiger partial charge in [-0.2, -0.15) is 0 Å². The van der Waals surface area contributed by atoms with Crippen LogP contribution in [0.5, 0.6) is 11.5 Å². The zero-order chi connectivity index (χ0) is 13.9. The van der Waals surface area contributed by atoms with Crippen LogP contribution >= 0.6 is 0 Å². The maximum atomic E-state index is 8.63. The highest BCUT2D eigenvalue weighted by molar-refractivity contribution is 5.43. The fourth-order valence-corrected chi connectivity index (χ4v) is 2.78. The first-order valence-electron chi connectivity index (χ1n) is 6.95. The highest BCUT2D eigenvalue weighted by atomic mass is 16.5. The molecular formula is C18H18O2. The Labute approximate surface area is 119 Å². The smallest absolute Gasteiger partial charge is 0.130 e. The quantitative estimate of drug-likeness (QED) is 0.762. The lowest BCUT2D eigenvalue weighted by Crippen LogP contribution is -2.31. The molecule has 2 heteroatoms. The molecule has 1 saturated carbocycles. The number of para-hydroxylation sites is 2. The maximum Gasteiger partial charge on any atom is 0.130 e. The van der Waals surface area contributed by atoms with E-state index < -0.39 is 0 Å². The van der Waals surface area contributed by atoms with Crippen LogP contribution in [0.25, 0.3) is 0 Å². The molecule has 0 bridgehead atoms. The average Bonchev–Trinajstić information content (AvgIpc) is 2.40. The number of hydrogen-bond acceptors (Lipinski definition) is 2. The number of phenolic OH excluding ortho intramolecular Hbond substituents is 1. The summed E-state index contributed by atoms with van der Waals surface area (Å²) < 4.78 is 5.67. The van der Waals surface area contributed by atoms with Crippen LogP contribution in [0.15, 0.2) is 66.9 Å². The first-order chi connectivity index (χ1) is 9.75. The highest BCUT2D eigenvalue weighted by Crippen LogP contribution is 2.52. The number of aromatic hydroxyl groups is 1. The predicted octanol–water partition coefficient (Wildman–Crippen LogP) is 4.48. The summed E-state index contributed by atoms with van der Waals surface area (Å²) in [5.41, 5.74) is 1.38. The molecule has 0 saturated heterocycles. The van der Waals surface area contributed by atoms with Crippen LogP contribution in [0.3, 0.4) is 0 Å². The van der Waals surface area contributed by atoms with Crippen molar-refractivity contribution in [2.24, 2.45) is 5.92 Å². The molecule has 0 unspecified atom stereocenters. The zero-order valence-corrected chi connectivity index (χ0v) is 11.3. The first-order valence-corrected chi connectivity index (χ1v) is 6.95. The molecule has 2 aromatic carbocycles. The molecule has 2 nitrogen and oxygen atoms in total. The molecule has 1 aliphatic heterocycles. The van der Waals surface area contributed by atoms with Gasteiger partial charge in [-0.25, -0.2) is 0 Å².